The van der Waals surface area contributed by atoms with Crippen molar-refractivity contribution >= 4 is 17.3 Å². The molecule has 0 radical (unpaired) electrons. The van der Waals surface area contributed by atoms with Gasteiger partial charge >= 0.3 is 5.97 Å². The van der Waals surface area contributed by atoms with Crippen molar-refractivity contribution in [3.8, 4) is 0 Å². The van der Waals surface area contributed by atoms with E-state index in [1.165, 1.54) is 19.3 Å². The normalized spacial score (nSPS) is 18.0. The first-order valence-corrected chi connectivity index (χ1v) is 6.83. The van der Waals surface area contributed by atoms with Crippen LogP contribution in [0.15, 0.2) is 12.1 Å². The molecule has 19 heavy (non-hydrogen) atoms. The topological polar surface area (TPSA) is 75.3 Å². The SMILES string of the molecule is Cc1cc(NC2(C)CCCCC2)cc(C(=O)O)c1N. The Balaban J connectivity index is 2.27. The lowest BCUT2D eigenvalue weighted by Crippen LogP contribution is -2.36. The van der Waals surface area contributed by atoms with Gasteiger partial charge in [0.15, 0.2) is 0 Å². The van der Waals surface area contributed by atoms with Crippen LogP contribution in [0.25, 0.3) is 0 Å². The minimum Gasteiger partial charge on any atom is -0.478 e. The zero-order chi connectivity index (χ0) is 14.0. The molecule has 104 valence electrons. The van der Waals surface area contributed by atoms with Crippen LogP contribution in [0.5, 0.6) is 0 Å². The zero-order valence-electron chi connectivity index (χ0n) is 11.6. The second-order valence-electron chi connectivity index (χ2n) is 5.81. The molecule has 1 aliphatic rings. The number of nitrogens with two attached hydrogens (primary N) is 1. The molecule has 1 aromatic carbocycles. The van der Waals surface area contributed by atoms with Gasteiger partial charge in [0.2, 0.25) is 0 Å². The molecule has 4 nitrogen and oxygen atoms in total. The number of nitrogens with one attached hydrogen (secondary N) is 1. The van der Waals surface area contributed by atoms with Crippen LogP contribution in [0.4, 0.5) is 11.4 Å². The van der Waals surface area contributed by atoms with Gasteiger partial charge in [-0.1, -0.05) is 19.3 Å². The van der Waals surface area contributed by atoms with Crippen LogP contribution in [0, 0.1) is 6.92 Å². The third kappa shape index (κ3) is 3.00. The molecule has 0 aliphatic heterocycles. The van der Waals surface area contributed by atoms with Gasteiger partial charge in [0.05, 0.1) is 5.56 Å². The van der Waals surface area contributed by atoms with Gasteiger partial charge in [0, 0.05) is 16.9 Å². The summed E-state index contributed by atoms with van der Waals surface area (Å²) in [6.07, 6.45) is 5.99. The molecule has 4 heteroatoms. The van der Waals surface area contributed by atoms with Crippen molar-refractivity contribution in [1.29, 1.82) is 0 Å². The second kappa shape index (κ2) is 5.11. The van der Waals surface area contributed by atoms with Crippen LogP contribution in [0.2, 0.25) is 0 Å². The Hall–Kier alpha value is -1.71. The highest BCUT2D eigenvalue weighted by atomic mass is 16.4. The van der Waals surface area contributed by atoms with E-state index in [1.807, 2.05) is 13.0 Å². The monoisotopic (exact) mass is 262 g/mol. The van der Waals surface area contributed by atoms with Crippen molar-refractivity contribution in [2.75, 3.05) is 11.1 Å². The Morgan fingerprint density at radius 1 is 1.32 bits per heavy atom. The molecule has 0 saturated heterocycles. The number of nitrogen functional groups attached to an aromatic ring is 1. The smallest absolute Gasteiger partial charge is 0.337 e. The largest absolute Gasteiger partial charge is 0.478 e. The molecule has 0 atom stereocenters. The first-order chi connectivity index (χ1) is 8.91. The van der Waals surface area contributed by atoms with Crippen LogP contribution in [0.3, 0.4) is 0 Å². The lowest BCUT2D eigenvalue weighted by molar-refractivity contribution is 0.0698. The summed E-state index contributed by atoms with van der Waals surface area (Å²) >= 11 is 0. The standard InChI is InChI=1S/C15H22N2O2/c1-10-8-11(9-12(13(10)16)14(18)19)17-15(2)6-4-3-5-7-15/h8-9,17H,3-7,16H2,1-2H3,(H,18,19). The summed E-state index contributed by atoms with van der Waals surface area (Å²) in [6.45, 7) is 4.05. The lowest BCUT2D eigenvalue weighted by Gasteiger charge is -2.35. The van der Waals surface area contributed by atoms with Crippen molar-refractivity contribution in [3.05, 3.63) is 23.3 Å². The summed E-state index contributed by atoms with van der Waals surface area (Å²) in [5, 5.41) is 12.7. The van der Waals surface area contributed by atoms with Gasteiger partial charge in [-0.25, -0.2) is 4.79 Å². The van der Waals surface area contributed by atoms with Crippen molar-refractivity contribution in [3.63, 3.8) is 0 Å². The third-order valence-electron chi connectivity index (χ3n) is 4.02. The average molecular weight is 262 g/mol. The molecular weight excluding hydrogens is 240 g/mol. The number of aromatic carboxylic acids is 1. The highest BCUT2D eigenvalue weighted by Gasteiger charge is 2.26. The highest BCUT2D eigenvalue weighted by Crippen LogP contribution is 2.32. The van der Waals surface area contributed by atoms with Crippen molar-refractivity contribution in [2.24, 2.45) is 0 Å². The fourth-order valence-corrected chi connectivity index (χ4v) is 2.85. The van der Waals surface area contributed by atoms with Gasteiger partial charge in [-0.2, -0.15) is 0 Å². The number of carbonyl (C=O) groups is 1. The number of carboxylic acids is 1. The maximum Gasteiger partial charge on any atom is 0.337 e. The van der Waals surface area contributed by atoms with E-state index < -0.39 is 5.97 Å². The van der Waals surface area contributed by atoms with E-state index in [9.17, 15) is 9.90 Å². The lowest BCUT2D eigenvalue weighted by atomic mass is 9.83. The van der Waals surface area contributed by atoms with Crippen LogP contribution < -0.4 is 11.1 Å². The second-order valence-corrected chi connectivity index (χ2v) is 5.81. The van der Waals surface area contributed by atoms with Crippen LogP contribution >= 0.6 is 0 Å². The molecular formula is C15H22N2O2. The molecule has 1 aliphatic carbocycles. The molecule has 0 spiro atoms. The van der Waals surface area contributed by atoms with E-state index >= 15 is 0 Å². The van der Waals surface area contributed by atoms with E-state index in [0.29, 0.717) is 5.69 Å². The van der Waals surface area contributed by atoms with Crippen LogP contribution in [0.1, 0.15) is 54.9 Å². The minimum atomic E-state index is -0.974. The van der Waals surface area contributed by atoms with E-state index in [1.54, 1.807) is 6.07 Å². The summed E-state index contributed by atoms with van der Waals surface area (Å²) in [7, 11) is 0. The number of aryl methyl sites for hydroxylation is 1. The Morgan fingerprint density at radius 2 is 1.95 bits per heavy atom. The molecule has 0 bridgehead atoms. The summed E-state index contributed by atoms with van der Waals surface area (Å²) in [5.74, 6) is -0.974. The number of rotatable bonds is 3. The van der Waals surface area contributed by atoms with Crippen molar-refractivity contribution in [2.45, 2.75) is 51.5 Å². The molecule has 0 aromatic heterocycles. The highest BCUT2D eigenvalue weighted by molar-refractivity contribution is 5.95. The van der Waals surface area contributed by atoms with E-state index in [4.69, 9.17) is 5.73 Å². The molecule has 0 unspecified atom stereocenters. The average Bonchev–Trinajstić information content (AvgIpc) is 2.33. The Bertz CT molecular complexity index is 491. The van der Waals surface area contributed by atoms with Crippen LogP contribution in [-0.2, 0) is 0 Å². The first kappa shape index (κ1) is 13.7. The molecule has 0 amide bonds. The molecule has 1 aromatic rings. The summed E-state index contributed by atoms with van der Waals surface area (Å²) in [4.78, 5) is 11.2. The van der Waals surface area contributed by atoms with E-state index in [2.05, 4.69) is 12.2 Å². The molecule has 1 saturated carbocycles. The molecule has 4 N–H and O–H groups in total. The van der Waals surface area contributed by atoms with E-state index in [-0.39, 0.29) is 11.1 Å². The number of benzene rings is 1. The Labute approximate surface area is 114 Å². The summed E-state index contributed by atoms with van der Waals surface area (Å²) < 4.78 is 0. The maximum absolute atomic E-state index is 11.2. The first-order valence-electron chi connectivity index (χ1n) is 6.83. The van der Waals surface area contributed by atoms with Gasteiger partial charge in [0.25, 0.3) is 0 Å². The quantitative estimate of drug-likeness (QED) is 0.730. The van der Waals surface area contributed by atoms with Gasteiger partial charge < -0.3 is 16.2 Å². The van der Waals surface area contributed by atoms with Gasteiger partial charge in [0.1, 0.15) is 0 Å². The minimum absolute atomic E-state index is 0.0661. The van der Waals surface area contributed by atoms with Gasteiger partial charge in [-0.05, 0) is 44.4 Å². The number of hydrogen-bond donors (Lipinski definition) is 3. The summed E-state index contributed by atoms with van der Waals surface area (Å²) in [6, 6.07) is 3.58. The maximum atomic E-state index is 11.2. The fraction of sp³-hybridized carbons (Fsp3) is 0.533. The predicted molar refractivity (Wildman–Crippen MR) is 77.7 cm³/mol. The molecule has 1 fully saturated rings. The Kier molecular flexibility index (Phi) is 3.69. The van der Waals surface area contributed by atoms with E-state index in [0.717, 1.165) is 24.1 Å². The molecule has 2 rings (SSSR count). The Morgan fingerprint density at radius 3 is 2.53 bits per heavy atom. The number of carboxylic acid groups (broad SMARTS) is 1. The van der Waals surface area contributed by atoms with Crippen LogP contribution in [-0.4, -0.2) is 16.6 Å². The van der Waals surface area contributed by atoms with Crippen molar-refractivity contribution < 1.29 is 9.90 Å². The number of anilines is 2. The third-order valence-corrected chi connectivity index (χ3v) is 4.02. The zero-order valence-corrected chi connectivity index (χ0v) is 11.6. The summed E-state index contributed by atoms with van der Waals surface area (Å²) in [5.41, 5.74) is 8.07. The number of hydrogen-bond acceptors (Lipinski definition) is 3. The predicted octanol–water partition coefficient (Wildman–Crippen LogP) is 3.41. The van der Waals surface area contributed by atoms with Crippen molar-refractivity contribution in [1.82, 2.24) is 0 Å². The molecule has 0 heterocycles. The fourth-order valence-electron chi connectivity index (χ4n) is 2.85. The van der Waals surface area contributed by atoms with Gasteiger partial charge in [-0.15, -0.1) is 0 Å². The van der Waals surface area contributed by atoms with Gasteiger partial charge in [-0.3, -0.25) is 0 Å².